The number of carbonyl (C=O) groups excluding carboxylic acids is 3. The highest BCUT2D eigenvalue weighted by Crippen LogP contribution is 2.08. The second-order valence-electron chi connectivity index (χ2n) is 6.72. The number of amides is 3. The van der Waals surface area contributed by atoms with Crippen molar-refractivity contribution in [3.8, 4) is 5.69 Å². The minimum absolute atomic E-state index is 0.0195. The predicted octanol–water partition coefficient (Wildman–Crippen LogP) is 1.58. The quantitative estimate of drug-likeness (QED) is 0.790. The summed E-state index contributed by atoms with van der Waals surface area (Å²) in [4.78, 5) is 35.0. The van der Waals surface area contributed by atoms with Gasteiger partial charge >= 0.3 is 12.0 Å². The van der Waals surface area contributed by atoms with Gasteiger partial charge in [-0.15, -0.1) is 0 Å². The van der Waals surface area contributed by atoms with Crippen LogP contribution in [0.2, 0.25) is 0 Å². The SMILES string of the molecule is CC(C)(C)NC(=O)NC(=O)COC(=O)Cc1cnn(-c2ccccc2)c1. The smallest absolute Gasteiger partial charge is 0.321 e. The molecule has 8 heteroatoms. The minimum atomic E-state index is -0.694. The summed E-state index contributed by atoms with van der Waals surface area (Å²) in [5, 5.41) is 8.86. The number of benzene rings is 1. The van der Waals surface area contributed by atoms with Gasteiger partial charge in [0.15, 0.2) is 6.61 Å². The van der Waals surface area contributed by atoms with Gasteiger partial charge in [0.25, 0.3) is 5.91 Å². The maximum atomic E-state index is 11.8. The van der Waals surface area contributed by atoms with Crippen molar-refractivity contribution in [3.63, 3.8) is 0 Å². The Bertz CT molecular complexity index is 778. The van der Waals surface area contributed by atoms with E-state index in [1.54, 1.807) is 37.8 Å². The van der Waals surface area contributed by atoms with E-state index >= 15 is 0 Å². The Kier molecular flexibility index (Phi) is 6.11. The van der Waals surface area contributed by atoms with Crippen molar-refractivity contribution in [2.24, 2.45) is 0 Å². The number of aromatic nitrogens is 2. The number of nitrogens with zero attached hydrogens (tertiary/aromatic N) is 2. The monoisotopic (exact) mass is 358 g/mol. The average molecular weight is 358 g/mol. The highest BCUT2D eigenvalue weighted by Gasteiger charge is 2.17. The Balaban J connectivity index is 1.78. The summed E-state index contributed by atoms with van der Waals surface area (Å²) in [6.45, 7) is 4.83. The Hall–Kier alpha value is -3.16. The molecule has 0 fully saturated rings. The van der Waals surface area contributed by atoms with Crippen LogP contribution in [0.4, 0.5) is 4.79 Å². The van der Waals surface area contributed by atoms with E-state index in [-0.39, 0.29) is 6.42 Å². The number of carbonyl (C=O) groups is 3. The molecule has 0 saturated carbocycles. The molecule has 8 nitrogen and oxygen atoms in total. The fourth-order valence-corrected chi connectivity index (χ4v) is 2.07. The van der Waals surface area contributed by atoms with E-state index in [9.17, 15) is 14.4 Å². The zero-order valence-electron chi connectivity index (χ0n) is 15.0. The fraction of sp³-hybridized carbons (Fsp3) is 0.333. The van der Waals surface area contributed by atoms with Crippen molar-refractivity contribution < 1.29 is 19.1 Å². The normalized spacial score (nSPS) is 10.9. The van der Waals surface area contributed by atoms with Crippen LogP contribution < -0.4 is 10.6 Å². The lowest BCUT2D eigenvalue weighted by molar-refractivity contribution is -0.147. The lowest BCUT2D eigenvalue weighted by Crippen LogP contribution is -2.49. The first-order valence-corrected chi connectivity index (χ1v) is 8.09. The summed E-state index contributed by atoms with van der Waals surface area (Å²) >= 11 is 0. The van der Waals surface area contributed by atoms with Gasteiger partial charge in [0, 0.05) is 17.3 Å². The van der Waals surface area contributed by atoms with Gasteiger partial charge in [-0.1, -0.05) is 18.2 Å². The molecule has 3 amide bonds. The molecule has 1 aromatic carbocycles. The molecule has 1 aromatic heterocycles. The van der Waals surface area contributed by atoms with Crippen molar-refractivity contribution in [1.29, 1.82) is 0 Å². The van der Waals surface area contributed by atoms with E-state index in [1.165, 1.54) is 0 Å². The minimum Gasteiger partial charge on any atom is -0.455 e. The summed E-state index contributed by atoms with van der Waals surface area (Å²) in [6.07, 6.45) is 3.26. The third-order valence-electron chi connectivity index (χ3n) is 3.11. The second kappa shape index (κ2) is 8.28. The first kappa shape index (κ1) is 19.2. The number of para-hydroxylation sites is 1. The lowest BCUT2D eigenvalue weighted by Gasteiger charge is -2.20. The van der Waals surface area contributed by atoms with E-state index in [2.05, 4.69) is 15.7 Å². The summed E-state index contributed by atoms with van der Waals surface area (Å²) in [7, 11) is 0. The molecule has 0 aliphatic rings. The van der Waals surface area contributed by atoms with Crippen molar-refractivity contribution in [2.75, 3.05) is 6.61 Å². The molecular formula is C18H22N4O4. The maximum Gasteiger partial charge on any atom is 0.321 e. The van der Waals surface area contributed by atoms with Crippen LogP contribution in [0.3, 0.4) is 0 Å². The van der Waals surface area contributed by atoms with Gasteiger partial charge in [0.05, 0.1) is 18.3 Å². The van der Waals surface area contributed by atoms with Gasteiger partial charge < -0.3 is 10.1 Å². The number of rotatable bonds is 5. The van der Waals surface area contributed by atoms with Crippen LogP contribution >= 0.6 is 0 Å². The van der Waals surface area contributed by atoms with E-state index in [1.807, 2.05) is 30.3 Å². The van der Waals surface area contributed by atoms with E-state index in [4.69, 9.17) is 4.74 Å². The highest BCUT2D eigenvalue weighted by molar-refractivity contribution is 5.95. The Labute approximate surface area is 151 Å². The molecule has 26 heavy (non-hydrogen) atoms. The second-order valence-corrected chi connectivity index (χ2v) is 6.72. The molecule has 2 rings (SSSR count). The zero-order valence-corrected chi connectivity index (χ0v) is 15.0. The topological polar surface area (TPSA) is 102 Å². The highest BCUT2D eigenvalue weighted by atomic mass is 16.5. The molecule has 0 atom stereocenters. The number of nitrogens with one attached hydrogen (secondary N) is 2. The molecule has 0 aliphatic carbocycles. The van der Waals surface area contributed by atoms with Crippen molar-refractivity contribution in [3.05, 3.63) is 48.3 Å². The zero-order chi connectivity index (χ0) is 19.2. The summed E-state index contributed by atoms with van der Waals surface area (Å²) in [6, 6.07) is 8.82. The Morgan fingerprint density at radius 1 is 1.15 bits per heavy atom. The van der Waals surface area contributed by atoms with Crippen LogP contribution in [0.5, 0.6) is 0 Å². The summed E-state index contributed by atoms with van der Waals surface area (Å²) in [5.41, 5.74) is 1.06. The third-order valence-corrected chi connectivity index (χ3v) is 3.11. The number of imide groups is 1. The van der Waals surface area contributed by atoms with E-state index in [0.717, 1.165) is 5.69 Å². The molecule has 2 N–H and O–H groups in total. The number of urea groups is 1. The molecule has 0 aliphatic heterocycles. The van der Waals surface area contributed by atoms with E-state index in [0.29, 0.717) is 5.56 Å². The Morgan fingerprint density at radius 3 is 2.50 bits per heavy atom. The van der Waals surface area contributed by atoms with Crippen molar-refractivity contribution in [1.82, 2.24) is 20.4 Å². The molecular weight excluding hydrogens is 336 g/mol. The average Bonchev–Trinajstić information content (AvgIpc) is 3.00. The molecule has 0 saturated heterocycles. The van der Waals surface area contributed by atoms with Gasteiger partial charge in [-0.05, 0) is 32.9 Å². The molecule has 0 spiro atoms. The number of hydrogen-bond donors (Lipinski definition) is 2. The van der Waals surface area contributed by atoms with Crippen LogP contribution in [0.25, 0.3) is 5.69 Å². The van der Waals surface area contributed by atoms with Gasteiger partial charge in [0.1, 0.15) is 0 Å². The molecule has 0 bridgehead atoms. The largest absolute Gasteiger partial charge is 0.455 e. The Morgan fingerprint density at radius 2 is 1.85 bits per heavy atom. The number of esters is 1. The predicted molar refractivity (Wildman–Crippen MR) is 94.7 cm³/mol. The van der Waals surface area contributed by atoms with E-state index < -0.39 is 30.1 Å². The van der Waals surface area contributed by atoms with Gasteiger partial charge in [-0.25, -0.2) is 9.48 Å². The van der Waals surface area contributed by atoms with Crippen LogP contribution in [0.1, 0.15) is 26.3 Å². The van der Waals surface area contributed by atoms with Crippen LogP contribution in [0.15, 0.2) is 42.7 Å². The molecule has 0 radical (unpaired) electrons. The van der Waals surface area contributed by atoms with Crippen LogP contribution in [-0.4, -0.2) is 39.8 Å². The number of ether oxygens (including phenoxy) is 1. The maximum absolute atomic E-state index is 11.8. The lowest BCUT2D eigenvalue weighted by atomic mass is 10.1. The first-order chi connectivity index (χ1) is 12.2. The van der Waals surface area contributed by atoms with Crippen molar-refractivity contribution >= 4 is 17.9 Å². The summed E-state index contributed by atoms with van der Waals surface area (Å²) < 4.78 is 6.53. The molecule has 0 unspecified atom stereocenters. The summed E-state index contributed by atoms with van der Waals surface area (Å²) in [5.74, 6) is -1.27. The number of hydrogen-bond acceptors (Lipinski definition) is 5. The van der Waals surface area contributed by atoms with Gasteiger partial charge in [-0.2, -0.15) is 5.10 Å². The van der Waals surface area contributed by atoms with Gasteiger partial charge in [0.2, 0.25) is 0 Å². The third kappa shape index (κ3) is 6.39. The van der Waals surface area contributed by atoms with Crippen molar-refractivity contribution in [2.45, 2.75) is 32.7 Å². The van der Waals surface area contributed by atoms with Gasteiger partial charge in [-0.3, -0.25) is 14.9 Å². The van der Waals surface area contributed by atoms with Crippen LogP contribution in [0, 0.1) is 0 Å². The van der Waals surface area contributed by atoms with Crippen LogP contribution in [-0.2, 0) is 20.7 Å². The fourth-order valence-electron chi connectivity index (χ4n) is 2.07. The standard InChI is InChI=1S/C18H22N4O4/c1-18(2,3)21-17(25)20-15(23)12-26-16(24)9-13-10-19-22(11-13)14-7-5-4-6-8-14/h4-8,10-11H,9,12H2,1-3H3,(H2,20,21,23,25). The molecule has 1 heterocycles. The molecule has 2 aromatic rings. The first-order valence-electron chi connectivity index (χ1n) is 8.09. The molecule has 138 valence electrons.